The number of nitrogens with two attached hydrogens (primary N) is 1. The molecule has 0 heterocycles. The Bertz CT molecular complexity index is 589. The zero-order valence-corrected chi connectivity index (χ0v) is 14.5. The van der Waals surface area contributed by atoms with Crippen LogP contribution in [0.3, 0.4) is 0 Å². The third kappa shape index (κ3) is 7.32. The van der Waals surface area contributed by atoms with Gasteiger partial charge in [0.25, 0.3) is 5.92 Å². The van der Waals surface area contributed by atoms with Crippen molar-refractivity contribution in [1.82, 2.24) is 0 Å². The number of halogens is 2. The standard InChI is InChI=1S/C21H27F2NO/c22-21(23,19-12-6-2-7-13-19)17-25-15-9-3-8-14-20(24)16-18-10-4-1-5-11-18/h1-2,4-7,10-13,20H,3,8-9,14-17,24H2. The van der Waals surface area contributed by atoms with Gasteiger partial charge in [0.1, 0.15) is 6.61 Å². The summed E-state index contributed by atoms with van der Waals surface area (Å²) in [6.07, 6.45) is 4.53. The molecule has 1 atom stereocenters. The van der Waals surface area contributed by atoms with E-state index in [4.69, 9.17) is 10.5 Å². The lowest BCUT2D eigenvalue weighted by Gasteiger charge is -2.17. The molecule has 0 aromatic heterocycles. The van der Waals surface area contributed by atoms with Crippen molar-refractivity contribution in [3.8, 4) is 0 Å². The van der Waals surface area contributed by atoms with Gasteiger partial charge in [-0.3, -0.25) is 0 Å². The molecule has 0 spiro atoms. The molecule has 25 heavy (non-hydrogen) atoms. The lowest BCUT2D eigenvalue weighted by atomic mass is 10.0. The lowest BCUT2D eigenvalue weighted by Crippen LogP contribution is -2.22. The van der Waals surface area contributed by atoms with E-state index >= 15 is 0 Å². The minimum atomic E-state index is -2.93. The van der Waals surface area contributed by atoms with Gasteiger partial charge in [0, 0.05) is 18.2 Å². The molecule has 4 heteroatoms. The molecule has 0 saturated heterocycles. The van der Waals surface area contributed by atoms with Gasteiger partial charge < -0.3 is 10.5 Å². The molecule has 136 valence electrons. The van der Waals surface area contributed by atoms with E-state index in [9.17, 15) is 8.78 Å². The van der Waals surface area contributed by atoms with E-state index < -0.39 is 12.5 Å². The first-order chi connectivity index (χ1) is 12.1. The van der Waals surface area contributed by atoms with Crippen LogP contribution >= 0.6 is 0 Å². The topological polar surface area (TPSA) is 35.2 Å². The first kappa shape index (κ1) is 19.5. The van der Waals surface area contributed by atoms with E-state index in [1.165, 1.54) is 17.7 Å². The molecule has 0 aliphatic rings. The molecule has 2 N–H and O–H groups in total. The summed E-state index contributed by atoms with van der Waals surface area (Å²) in [4.78, 5) is 0. The number of hydrogen-bond donors (Lipinski definition) is 1. The minimum absolute atomic E-state index is 0.00175. The van der Waals surface area contributed by atoms with Crippen molar-refractivity contribution in [3.63, 3.8) is 0 Å². The number of benzene rings is 2. The molecule has 2 nitrogen and oxygen atoms in total. The van der Waals surface area contributed by atoms with Gasteiger partial charge in [-0.05, 0) is 24.8 Å². The first-order valence-corrected chi connectivity index (χ1v) is 8.88. The van der Waals surface area contributed by atoms with Crippen LogP contribution in [0.15, 0.2) is 60.7 Å². The molecule has 0 fully saturated rings. The number of alkyl halides is 2. The van der Waals surface area contributed by atoms with E-state index in [0.717, 1.165) is 32.1 Å². The van der Waals surface area contributed by atoms with Crippen LogP contribution < -0.4 is 5.73 Å². The molecule has 2 aromatic carbocycles. The molecule has 1 unspecified atom stereocenters. The second-order valence-corrected chi connectivity index (χ2v) is 6.42. The maximum absolute atomic E-state index is 13.9. The highest BCUT2D eigenvalue weighted by Gasteiger charge is 2.31. The Balaban J connectivity index is 1.53. The van der Waals surface area contributed by atoms with Crippen LogP contribution in [0.1, 0.15) is 36.8 Å². The van der Waals surface area contributed by atoms with Crippen molar-refractivity contribution in [3.05, 3.63) is 71.8 Å². The fraction of sp³-hybridized carbons (Fsp3) is 0.429. The Morgan fingerprint density at radius 1 is 0.880 bits per heavy atom. The zero-order chi connectivity index (χ0) is 18.0. The highest BCUT2D eigenvalue weighted by Crippen LogP contribution is 2.27. The Labute approximate surface area is 149 Å². The van der Waals surface area contributed by atoms with Crippen LogP contribution in [0.25, 0.3) is 0 Å². The molecule has 2 rings (SSSR count). The van der Waals surface area contributed by atoms with E-state index in [-0.39, 0.29) is 11.6 Å². The maximum Gasteiger partial charge on any atom is 0.296 e. The Morgan fingerprint density at radius 2 is 1.52 bits per heavy atom. The summed E-state index contributed by atoms with van der Waals surface area (Å²) in [5, 5.41) is 0. The van der Waals surface area contributed by atoms with Crippen molar-refractivity contribution >= 4 is 0 Å². The number of rotatable bonds is 11. The van der Waals surface area contributed by atoms with Crippen molar-refractivity contribution in [2.75, 3.05) is 13.2 Å². The van der Waals surface area contributed by atoms with Crippen LogP contribution in [0, 0.1) is 0 Å². The quantitative estimate of drug-likeness (QED) is 0.585. The van der Waals surface area contributed by atoms with Crippen LogP contribution in [0.2, 0.25) is 0 Å². The summed E-state index contributed by atoms with van der Waals surface area (Å²) in [5.41, 5.74) is 7.39. The fourth-order valence-corrected chi connectivity index (χ4v) is 2.77. The maximum atomic E-state index is 13.9. The Morgan fingerprint density at radius 3 is 2.20 bits per heavy atom. The molecular formula is C21H27F2NO. The van der Waals surface area contributed by atoms with Gasteiger partial charge in [0.05, 0.1) is 0 Å². The van der Waals surface area contributed by atoms with Crippen LogP contribution in [-0.2, 0) is 17.1 Å². The second-order valence-electron chi connectivity index (χ2n) is 6.42. The average Bonchev–Trinajstić information content (AvgIpc) is 2.62. The summed E-state index contributed by atoms with van der Waals surface area (Å²) in [6.45, 7) is -0.207. The molecule has 0 amide bonds. The molecule has 0 bridgehead atoms. The third-order valence-electron chi connectivity index (χ3n) is 4.18. The molecule has 2 aromatic rings. The zero-order valence-electron chi connectivity index (χ0n) is 14.5. The Hall–Kier alpha value is -1.78. The van der Waals surface area contributed by atoms with Gasteiger partial charge in [-0.1, -0.05) is 73.5 Å². The summed E-state index contributed by atoms with van der Waals surface area (Å²) >= 11 is 0. The molecule has 0 saturated carbocycles. The average molecular weight is 347 g/mol. The second kappa shape index (κ2) is 10.3. The molecule has 0 radical (unpaired) electrons. The predicted octanol–water partition coefficient (Wildman–Crippen LogP) is 4.93. The number of ether oxygens (including phenoxy) is 1. The first-order valence-electron chi connectivity index (χ1n) is 8.88. The largest absolute Gasteiger partial charge is 0.375 e. The van der Waals surface area contributed by atoms with Gasteiger partial charge in [0.2, 0.25) is 0 Å². The van der Waals surface area contributed by atoms with Crippen molar-refractivity contribution < 1.29 is 13.5 Å². The van der Waals surface area contributed by atoms with Gasteiger partial charge in [-0.25, -0.2) is 0 Å². The van der Waals surface area contributed by atoms with Crippen molar-refractivity contribution in [2.24, 2.45) is 5.73 Å². The lowest BCUT2D eigenvalue weighted by molar-refractivity contribution is -0.0831. The van der Waals surface area contributed by atoms with Gasteiger partial charge in [0.15, 0.2) is 0 Å². The molecular weight excluding hydrogens is 320 g/mol. The smallest absolute Gasteiger partial charge is 0.296 e. The van der Waals surface area contributed by atoms with Crippen LogP contribution in [0.4, 0.5) is 8.78 Å². The third-order valence-corrected chi connectivity index (χ3v) is 4.18. The highest BCUT2D eigenvalue weighted by atomic mass is 19.3. The SMILES string of the molecule is NC(CCCCCOCC(F)(F)c1ccccc1)Cc1ccccc1. The van der Waals surface area contributed by atoms with E-state index in [2.05, 4.69) is 12.1 Å². The molecule has 0 aliphatic carbocycles. The highest BCUT2D eigenvalue weighted by molar-refractivity contribution is 5.20. The van der Waals surface area contributed by atoms with Crippen LogP contribution in [0.5, 0.6) is 0 Å². The van der Waals surface area contributed by atoms with E-state index in [1.54, 1.807) is 18.2 Å². The summed E-state index contributed by atoms with van der Waals surface area (Å²) in [6, 6.07) is 18.2. The monoisotopic (exact) mass is 347 g/mol. The summed E-state index contributed by atoms with van der Waals surface area (Å²) in [5.74, 6) is -2.93. The summed E-state index contributed by atoms with van der Waals surface area (Å²) in [7, 11) is 0. The number of hydrogen-bond acceptors (Lipinski definition) is 2. The summed E-state index contributed by atoms with van der Waals surface area (Å²) < 4.78 is 33.0. The predicted molar refractivity (Wildman–Crippen MR) is 97.7 cm³/mol. The Kier molecular flexibility index (Phi) is 8.02. The van der Waals surface area contributed by atoms with Crippen molar-refractivity contribution in [2.45, 2.75) is 44.1 Å². The minimum Gasteiger partial charge on any atom is -0.375 e. The van der Waals surface area contributed by atoms with Gasteiger partial charge in [-0.15, -0.1) is 0 Å². The van der Waals surface area contributed by atoms with Crippen molar-refractivity contribution in [1.29, 1.82) is 0 Å². The van der Waals surface area contributed by atoms with Gasteiger partial charge in [-0.2, -0.15) is 8.78 Å². The normalized spacial score (nSPS) is 12.9. The van der Waals surface area contributed by atoms with E-state index in [1.807, 2.05) is 18.2 Å². The van der Waals surface area contributed by atoms with E-state index in [0.29, 0.717) is 6.61 Å². The number of unbranched alkanes of at least 4 members (excludes halogenated alkanes) is 2. The fourth-order valence-electron chi connectivity index (χ4n) is 2.77. The molecule has 0 aliphatic heterocycles. The van der Waals surface area contributed by atoms with Gasteiger partial charge >= 0.3 is 0 Å². The van der Waals surface area contributed by atoms with Crippen LogP contribution in [-0.4, -0.2) is 19.3 Å².